The minimum absolute atomic E-state index is 0.197. The maximum Gasteiger partial charge on any atom is 0.306 e. The topological polar surface area (TPSA) is 62.7 Å². The second-order valence-corrected chi connectivity index (χ2v) is 9.55. The van der Waals surface area contributed by atoms with Crippen molar-refractivity contribution in [2.45, 2.75) is 57.1 Å². The van der Waals surface area contributed by atoms with E-state index < -0.39 is 5.97 Å². The van der Waals surface area contributed by atoms with E-state index in [1.165, 1.54) is 18.4 Å². The number of hydrogen-bond acceptors (Lipinski definition) is 4. The van der Waals surface area contributed by atoms with Crippen LogP contribution in [0.15, 0.2) is 60.7 Å². The first-order valence-corrected chi connectivity index (χ1v) is 12.2. The van der Waals surface area contributed by atoms with Crippen molar-refractivity contribution in [3.8, 4) is 5.75 Å². The standard InChI is InChI=1S/C28H32N2O3/c31-28(32)22-14-16-30(17-15-22)19-24-9-6-23-18-26(12-13-27(23)29-24)33-25-10-7-21(8-11-25)20-4-2-1-3-5-20/h1-6,9,12-13,18,21-22,25H,7-8,10-11,14-17,19H2,(H,31,32). The van der Waals surface area contributed by atoms with Crippen molar-refractivity contribution >= 4 is 16.9 Å². The fourth-order valence-corrected chi connectivity index (χ4v) is 5.31. The van der Waals surface area contributed by atoms with Crippen LogP contribution in [0, 0.1) is 5.92 Å². The molecule has 1 aliphatic carbocycles. The number of rotatable bonds is 6. The molecular weight excluding hydrogens is 412 g/mol. The Morgan fingerprint density at radius 2 is 1.70 bits per heavy atom. The van der Waals surface area contributed by atoms with E-state index in [0.29, 0.717) is 5.92 Å². The van der Waals surface area contributed by atoms with Gasteiger partial charge in [-0.05, 0) is 87.4 Å². The molecule has 5 nitrogen and oxygen atoms in total. The third-order valence-electron chi connectivity index (χ3n) is 7.29. The predicted molar refractivity (Wildman–Crippen MR) is 129 cm³/mol. The normalized spacial score (nSPS) is 22.3. The van der Waals surface area contributed by atoms with Gasteiger partial charge in [-0.1, -0.05) is 36.4 Å². The molecule has 0 bridgehead atoms. The van der Waals surface area contributed by atoms with E-state index in [1.807, 2.05) is 6.07 Å². The lowest BCUT2D eigenvalue weighted by molar-refractivity contribution is -0.143. The van der Waals surface area contributed by atoms with E-state index in [4.69, 9.17) is 9.72 Å². The van der Waals surface area contributed by atoms with Crippen molar-refractivity contribution in [1.82, 2.24) is 9.88 Å². The third kappa shape index (κ3) is 5.36. The van der Waals surface area contributed by atoms with Crippen LogP contribution in [-0.2, 0) is 11.3 Å². The number of pyridine rings is 1. The first-order valence-electron chi connectivity index (χ1n) is 12.2. The highest BCUT2D eigenvalue weighted by Crippen LogP contribution is 2.34. The lowest BCUT2D eigenvalue weighted by Gasteiger charge is -2.29. The Morgan fingerprint density at radius 3 is 2.42 bits per heavy atom. The molecule has 2 fully saturated rings. The minimum Gasteiger partial charge on any atom is -0.490 e. The van der Waals surface area contributed by atoms with Crippen molar-refractivity contribution in [3.63, 3.8) is 0 Å². The number of likely N-dealkylation sites (tertiary alicyclic amines) is 1. The molecule has 1 saturated heterocycles. The zero-order valence-electron chi connectivity index (χ0n) is 19.0. The van der Waals surface area contributed by atoms with Crippen LogP contribution in [0.5, 0.6) is 5.75 Å². The average Bonchev–Trinajstić information content (AvgIpc) is 2.85. The summed E-state index contributed by atoms with van der Waals surface area (Å²) in [5.74, 6) is 0.717. The van der Waals surface area contributed by atoms with E-state index in [1.54, 1.807) is 0 Å². The van der Waals surface area contributed by atoms with Gasteiger partial charge in [-0.25, -0.2) is 0 Å². The summed E-state index contributed by atoms with van der Waals surface area (Å²) in [5, 5.41) is 10.3. The predicted octanol–water partition coefficient (Wildman–Crippen LogP) is 5.64. The van der Waals surface area contributed by atoms with Gasteiger partial charge in [0, 0.05) is 11.9 Å². The Balaban J connectivity index is 1.16. The van der Waals surface area contributed by atoms with Crippen molar-refractivity contribution in [1.29, 1.82) is 0 Å². The molecule has 0 spiro atoms. The molecule has 5 heteroatoms. The Morgan fingerprint density at radius 1 is 0.939 bits per heavy atom. The largest absolute Gasteiger partial charge is 0.490 e. The van der Waals surface area contributed by atoms with Gasteiger partial charge in [0.25, 0.3) is 0 Å². The molecule has 5 rings (SSSR count). The van der Waals surface area contributed by atoms with Crippen LogP contribution in [-0.4, -0.2) is 40.2 Å². The second kappa shape index (κ2) is 9.92. The Kier molecular flexibility index (Phi) is 6.58. The van der Waals surface area contributed by atoms with E-state index in [-0.39, 0.29) is 12.0 Å². The number of carboxylic acid groups (broad SMARTS) is 1. The molecule has 1 saturated carbocycles. The lowest BCUT2D eigenvalue weighted by atomic mass is 9.83. The highest BCUT2D eigenvalue weighted by molar-refractivity contribution is 5.80. The van der Waals surface area contributed by atoms with Gasteiger partial charge in [0.15, 0.2) is 0 Å². The summed E-state index contributed by atoms with van der Waals surface area (Å²) in [6.07, 6.45) is 6.26. The third-order valence-corrected chi connectivity index (χ3v) is 7.29. The average molecular weight is 445 g/mol. The molecule has 0 unspecified atom stereocenters. The van der Waals surface area contributed by atoms with Gasteiger partial charge < -0.3 is 9.84 Å². The molecule has 0 amide bonds. The van der Waals surface area contributed by atoms with Gasteiger partial charge in [-0.3, -0.25) is 14.7 Å². The van der Waals surface area contributed by atoms with Crippen LogP contribution in [0.2, 0.25) is 0 Å². The summed E-state index contributed by atoms with van der Waals surface area (Å²) in [5.41, 5.74) is 3.46. The van der Waals surface area contributed by atoms with E-state index in [2.05, 4.69) is 59.5 Å². The monoisotopic (exact) mass is 444 g/mol. The van der Waals surface area contributed by atoms with Crippen molar-refractivity contribution in [3.05, 3.63) is 71.9 Å². The first kappa shape index (κ1) is 21.9. The van der Waals surface area contributed by atoms with Gasteiger partial charge in [0.1, 0.15) is 5.75 Å². The highest BCUT2D eigenvalue weighted by Gasteiger charge is 2.25. The highest BCUT2D eigenvalue weighted by atomic mass is 16.5. The van der Waals surface area contributed by atoms with Gasteiger partial charge in [-0.2, -0.15) is 0 Å². The minimum atomic E-state index is -0.666. The van der Waals surface area contributed by atoms with Gasteiger partial charge in [0.05, 0.1) is 23.2 Å². The van der Waals surface area contributed by atoms with Crippen LogP contribution < -0.4 is 4.74 Å². The molecule has 2 aromatic carbocycles. The van der Waals surface area contributed by atoms with Crippen molar-refractivity contribution in [2.24, 2.45) is 5.92 Å². The Labute approximate surface area is 195 Å². The summed E-state index contributed by atoms with van der Waals surface area (Å²) in [6, 6.07) is 21.3. The van der Waals surface area contributed by atoms with E-state index in [9.17, 15) is 9.90 Å². The number of nitrogens with zero attached hydrogens (tertiary/aromatic N) is 2. The van der Waals surface area contributed by atoms with Crippen LogP contribution >= 0.6 is 0 Å². The molecule has 1 aromatic heterocycles. The zero-order valence-corrected chi connectivity index (χ0v) is 19.0. The number of hydrogen-bond donors (Lipinski definition) is 1. The molecule has 2 heterocycles. The van der Waals surface area contributed by atoms with E-state index >= 15 is 0 Å². The van der Waals surface area contributed by atoms with Crippen LogP contribution in [0.1, 0.15) is 55.7 Å². The molecular formula is C28H32N2O3. The molecule has 1 aliphatic heterocycles. The number of aromatic nitrogens is 1. The van der Waals surface area contributed by atoms with Crippen LogP contribution in [0.25, 0.3) is 10.9 Å². The fourth-order valence-electron chi connectivity index (χ4n) is 5.31. The number of ether oxygens (including phenoxy) is 1. The van der Waals surface area contributed by atoms with E-state index in [0.717, 1.165) is 67.7 Å². The summed E-state index contributed by atoms with van der Waals surface area (Å²) in [7, 11) is 0. The summed E-state index contributed by atoms with van der Waals surface area (Å²) < 4.78 is 6.34. The number of piperidine rings is 1. The molecule has 0 radical (unpaired) electrons. The zero-order chi connectivity index (χ0) is 22.6. The fraction of sp³-hybridized carbons (Fsp3) is 0.429. The second-order valence-electron chi connectivity index (χ2n) is 9.55. The molecule has 2 aliphatic rings. The molecule has 0 atom stereocenters. The number of fused-ring (bicyclic) bond motifs is 1. The number of aliphatic carboxylic acids is 1. The number of carboxylic acids is 1. The smallest absolute Gasteiger partial charge is 0.306 e. The molecule has 33 heavy (non-hydrogen) atoms. The quantitative estimate of drug-likeness (QED) is 0.533. The molecule has 3 aromatic rings. The Bertz CT molecular complexity index is 1080. The molecule has 172 valence electrons. The maximum absolute atomic E-state index is 11.2. The Hall–Kier alpha value is -2.92. The summed E-state index contributed by atoms with van der Waals surface area (Å²) in [4.78, 5) is 18.3. The van der Waals surface area contributed by atoms with Gasteiger partial charge in [-0.15, -0.1) is 0 Å². The van der Waals surface area contributed by atoms with Crippen LogP contribution in [0.4, 0.5) is 0 Å². The van der Waals surface area contributed by atoms with Crippen molar-refractivity contribution in [2.75, 3.05) is 13.1 Å². The maximum atomic E-state index is 11.2. The van der Waals surface area contributed by atoms with Crippen molar-refractivity contribution < 1.29 is 14.6 Å². The molecule has 1 N–H and O–H groups in total. The SMILES string of the molecule is O=C(O)C1CCN(Cc2ccc3cc(OC4CCC(c5ccccc5)CC4)ccc3n2)CC1. The van der Waals surface area contributed by atoms with Crippen LogP contribution in [0.3, 0.4) is 0 Å². The number of benzene rings is 2. The lowest BCUT2D eigenvalue weighted by Crippen LogP contribution is -2.36. The summed E-state index contributed by atoms with van der Waals surface area (Å²) >= 11 is 0. The van der Waals surface area contributed by atoms with Gasteiger partial charge >= 0.3 is 5.97 Å². The first-order chi connectivity index (χ1) is 16.1. The van der Waals surface area contributed by atoms with Gasteiger partial charge in [0.2, 0.25) is 0 Å². The number of carbonyl (C=O) groups is 1. The summed E-state index contributed by atoms with van der Waals surface area (Å²) in [6.45, 7) is 2.40.